The summed E-state index contributed by atoms with van der Waals surface area (Å²) in [4.78, 5) is 0. The molecule has 0 aliphatic carbocycles. The molecule has 3 aromatic rings. The van der Waals surface area contributed by atoms with E-state index in [0.29, 0.717) is 11.5 Å². The Morgan fingerprint density at radius 2 is 1.38 bits per heavy atom. The molecule has 1 nitrogen and oxygen atoms in total. The van der Waals surface area contributed by atoms with Crippen molar-refractivity contribution in [1.82, 2.24) is 0 Å². The van der Waals surface area contributed by atoms with Crippen molar-refractivity contribution in [2.45, 2.75) is 32.8 Å². The Balaban J connectivity index is 1.58. The summed E-state index contributed by atoms with van der Waals surface area (Å²) in [5.41, 5.74) is 3.01. The Hall–Kier alpha value is -2.59. The van der Waals surface area contributed by atoms with Gasteiger partial charge in [-0.3, -0.25) is 0 Å². The Bertz CT molecular complexity index is 996. The van der Waals surface area contributed by atoms with Gasteiger partial charge in [0.2, 0.25) is 0 Å². The van der Waals surface area contributed by atoms with Crippen LogP contribution in [0.25, 0.3) is 22.3 Å². The minimum Gasteiger partial charge on any atom is -0.373 e. The maximum Gasteiger partial charge on any atom is 0.131 e. The van der Waals surface area contributed by atoms with E-state index in [9.17, 15) is 13.2 Å². The first kappa shape index (κ1) is 19.7. The van der Waals surface area contributed by atoms with Crippen LogP contribution < -0.4 is 0 Å². The maximum absolute atomic E-state index is 14.7. The van der Waals surface area contributed by atoms with Gasteiger partial charge >= 0.3 is 0 Å². The number of benzene rings is 3. The topological polar surface area (TPSA) is 9.23 Å². The van der Waals surface area contributed by atoms with E-state index in [1.807, 2.05) is 24.3 Å². The molecule has 0 amide bonds. The van der Waals surface area contributed by atoms with Crippen LogP contribution >= 0.6 is 0 Å². The second-order valence-corrected chi connectivity index (χ2v) is 7.89. The standard InChI is InChI=1S/C25H23F3O/c1-15-3-10-25(29-14-15)18-6-4-17(5-7-18)19-8-9-21(24(28)11-19)20-12-22(26)16(2)23(27)13-20/h4-9,11-13,15,25H,3,10,14H2,1-2H3. The van der Waals surface area contributed by atoms with Crippen LogP contribution in [-0.4, -0.2) is 6.61 Å². The molecule has 1 fully saturated rings. The molecular formula is C25H23F3O. The fourth-order valence-corrected chi connectivity index (χ4v) is 3.77. The summed E-state index contributed by atoms with van der Waals surface area (Å²) in [6.45, 7) is 4.33. The molecule has 1 heterocycles. The summed E-state index contributed by atoms with van der Waals surface area (Å²) in [6, 6.07) is 15.0. The highest BCUT2D eigenvalue weighted by molar-refractivity contribution is 5.71. The lowest BCUT2D eigenvalue weighted by atomic mass is 9.94. The summed E-state index contributed by atoms with van der Waals surface area (Å²) in [6.07, 6.45) is 2.28. The highest BCUT2D eigenvalue weighted by Gasteiger charge is 2.20. The number of hydrogen-bond donors (Lipinski definition) is 0. The molecule has 0 spiro atoms. The molecule has 29 heavy (non-hydrogen) atoms. The minimum absolute atomic E-state index is 0.0673. The zero-order valence-corrected chi connectivity index (χ0v) is 16.5. The first-order valence-corrected chi connectivity index (χ1v) is 9.90. The molecule has 0 aromatic heterocycles. The summed E-state index contributed by atoms with van der Waals surface area (Å²) in [7, 11) is 0. The van der Waals surface area contributed by atoms with Crippen LogP contribution in [0.4, 0.5) is 13.2 Å². The average molecular weight is 396 g/mol. The van der Waals surface area contributed by atoms with Gasteiger partial charge in [0.15, 0.2) is 0 Å². The van der Waals surface area contributed by atoms with Gasteiger partial charge in [-0.25, -0.2) is 13.2 Å². The third-order valence-corrected chi connectivity index (χ3v) is 5.68. The quantitative estimate of drug-likeness (QED) is 0.454. The Morgan fingerprint density at radius 3 is 1.97 bits per heavy atom. The van der Waals surface area contributed by atoms with Crippen molar-refractivity contribution < 1.29 is 17.9 Å². The van der Waals surface area contributed by atoms with Crippen LogP contribution in [0.1, 0.15) is 37.0 Å². The zero-order valence-electron chi connectivity index (χ0n) is 16.5. The van der Waals surface area contributed by atoms with Gasteiger partial charge in [0, 0.05) is 17.7 Å². The lowest BCUT2D eigenvalue weighted by molar-refractivity contribution is -0.0123. The summed E-state index contributed by atoms with van der Waals surface area (Å²) in [5.74, 6) is -1.28. The van der Waals surface area contributed by atoms with Crippen LogP contribution in [0.2, 0.25) is 0 Å². The largest absolute Gasteiger partial charge is 0.373 e. The fraction of sp³-hybridized carbons (Fsp3) is 0.280. The molecule has 4 rings (SSSR count). The van der Waals surface area contributed by atoms with Crippen LogP contribution in [0, 0.1) is 30.3 Å². The van der Waals surface area contributed by atoms with Gasteiger partial charge in [0.05, 0.1) is 6.10 Å². The Morgan fingerprint density at radius 1 is 0.759 bits per heavy atom. The molecule has 1 aliphatic heterocycles. The predicted molar refractivity (Wildman–Crippen MR) is 109 cm³/mol. The smallest absolute Gasteiger partial charge is 0.131 e. The maximum atomic E-state index is 14.7. The third kappa shape index (κ3) is 4.08. The van der Waals surface area contributed by atoms with Gasteiger partial charge in [0.1, 0.15) is 17.5 Å². The molecule has 1 aliphatic rings. The Kier molecular flexibility index (Phi) is 5.46. The molecule has 2 unspecified atom stereocenters. The van der Waals surface area contributed by atoms with Gasteiger partial charge in [-0.15, -0.1) is 0 Å². The van der Waals surface area contributed by atoms with E-state index >= 15 is 0 Å². The van der Waals surface area contributed by atoms with Crippen molar-refractivity contribution in [2.75, 3.05) is 6.61 Å². The molecular weight excluding hydrogens is 373 g/mol. The van der Waals surface area contributed by atoms with E-state index in [1.54, 1.807) is 12.1 Å². The summed E-state index contributed by atoms with van der Waals surface area (Å²) < 4.78 is 48.3. The SMILES string of the molecule is Cc1c(F)cc(-c2ccc(-c3ccc(C4CCC(C)CO4)cc3)cc2F)cc1F. The number of rotatable bonds is 3. The number of halogens is 3. The van der Waals surface area contributed by atoms with E-state index in [0.717, 1.165) is 42.7 Å². The lowest BCUT2D eigenvalue weighted by Gasteiger charge is -2.27. The summed E-state index contributed by atoms with van der Waals surface area (Å²) in [5, 5.41) is 0. The van der Waals surface area contributed by atoms with E-state index in [-0.39, 0.29) is 22.8 Å². The van der Waals surface area contributed by atoms with Crippen molar-refractivity contribution in [2.24, 2.45) is 5.92 Å². The van der Waals surface area contributed by atoms with E-state index < -0.39 is 17.5 Å². The Labute approximate surface area is 169 Å². The van der Waals surface area contributed by atoms with Crippen molar-refractivity contribution in [3.05, 3.63) is 83.2 Å². The molecule has 0 saturated carbocycles. The summed E-state index contributed by atoms with van der Waals surface area (Å²) >= 11 is 0. The zero-order chi connectivity index (χ0) is 20.5. The van der Waals surface area contributed by atoms with Crippen LogP contribution in [0.5, 0.6) is 0 Å². The van der Waals surface area contributed by atoms with Crippen molar-refractivity contribution in [1.29, 1.82) is 0 Å². The monoisotopic (exact) mass is 396 g/mol. The molecule has 1 saturated heterocycles. The second kappa shape index (κ2) is 8.03. The van der Waals surface area contributed by atoms with E-state index in [4.69, 9.17) is 4.74 Å². The van der Waals surface area contributed by atoms with E-state index in [2.05, 4.69) is 6.92 Å². The van der Waals surface area contributed by atoms with Gasteiger partial charge in [-0.05, 0) is 66.1 Å². The van der Waals surface area contributed by atoms with Crippen LogP contribution in [0.15, 0.2) is 54.6 Å². The molecule has 0 bridgehead atoms. The first-order chi connectivity index (χ1) is 13.9. The third-order valence-electron chi connectivity index (χ3n) is 5.68. The molecule has 4 heteroatoms. The van der Waals surface area contributed by atoms with E-state index in [1.165, 1.54) is 13.0 Å². The fourth-order valence-electron chi connectivity index (χ4n) is 3.77. The first-order valence-electron chi connectivity index (χ1n) is 9.90. The normalized spacial score (nSPS) is 19.3. The van der Waals surface area contributed by atoms with Crippen molar-refractivity contribution >= 4 is 0 Å². The molecule has 150 valence electrons. The highest BCUT2D eigenvalue weighted by Crippen LogP contribution is 2.33. The van der Waals surface area contributed by atoms with Crippen LogP contribution in [-0.2, 0) is 4.74 Å². The average Bonchev–Trinajstić information content (AvgIpc) is 2.72. The van der Waals surface area contributed by atoms with Crippen LogP contribution in [0.3, 0.4) is 0 Å². The molecule has 0 N–H and O–H groups in total. The molecule has 0 radical (unpaired) electrons. The van der Waals surface area contributed by atoms with Gasteiger partial charge in [-0.1, -0.05) is 43.3 Å². The molecule has 2 atom stereocenters. The van der Waals surface area contributed by atoms with Gasteiger partial charge < -0.3 is 4.74 Å². The number of hydrogen-bond acceptors (Lipinski definition) is 1. The predicted octanol–water partition coefficient (Wildman–Crippen LogP) is 7.23. The van der Waals surface area contributed by atoms with Crippen molar-refractivity contribution in [3.63, 3.8) is 0 Å². The van der Waals surface area contributed by atoms with Gasteiger partial charge in [-0.2, -0.15) is 0 Å². The molecule has 3 aromatic carbocycles. The lowest BCUT2D eigenvalue weighted by Crippen LogP contribution is -2.18. The second-order valence-electron chi connectivity index (χ2n) is 7.89. The number of ether oxygens (including phenoxy) is 1. The minimum atomic E-state index is -0.682. The van der Waals surface area contributed by atoms with Gasteiger partial charge in [0.25, 0.3) is 0 Å². The highest BCUT2D eigenvalue weighted by atomic mass is 19.1. The van der Waals surface area contributed by atoms with Crippen molar-refractivity contribution in [3.8, 4) is 22.3 Å².